The molecule has 18 heavy (non-hydrogen) atoms. The van der Waals surface area contributed by atoms with Crippen LogP contribution in [-0.4, -0.2) is 22.9 Å². The van der Waals surface area contributed by atoms with Crippen molar-refractivity contribution < 1.29 is 0 Å². The van der Waals surface area contributed by atoms with Crippen molar-refractivity contribution in [3.05, 3.63) is 42.7 Å². The van der Waals surface area contributed by atoms with E-state index >= 15 is 0 Å². The molecule has 0 unspecified atom stereocenters. The number of aromatic nitrogens is 2. The maximum atomic E-state index is 4.48. The van der Waals surface area contributed by atoms with Crippen molar-refractivity contribution >= 4 is 0 Å². The second kappa shape index (κ2) is 5.36. The third kappa shape index (κ3) is 2.62. The molecule has 1 aromatic heterocycles. The highest BCUT2D eigenvalue weighted by atomic mass is 15.3. The molecule has 1 saturated heterocycles. The van der Waals surface area contributed by atoms with Crippen molar-refractivity contribution in [3.8, 4) is 11.1 Å². The van der Waals surface area contributed by atoms with Crippen LogP contribution in [0, 0.1) is 5.92 Å². The monoisotopic (exact) mass is 241 g/mol. The van der Waals surface area contributed by atoms with Crippen LogP contribution in [-0.2, 0) is 6.54 Å². The zero-order valence-corrected chi connectivity index (χ0v) is 10.5. The van der Waals surface area contributed by atoms with Gasteiger partial charge in [0.05, 0.1) is 6.20 Å². The van der Waals surface area contributed by atoms with Crippen LogP contribution >= 0.6 is 0 Å². The maximum Gasteiger partial charge on any atom is 0.0568 e. The van der Waals surface area contributed by atoms with E-state index in [2.05, 4.69) is 45.6 Å². The van der Waals surface area contributed by atoms with Crippen LogP contribution < -0.4 is 5.32 Å². The van der Waals surface area contributed by atoms with Gasteiger partial charge in [0.2, 0.25) is 0 Å². The Balaban J connectivity index is 1.69. The highest BCUT2D eigenvalue weighted by Crippen LogP contribution is 2.19. The van der Waals surface area contributed by atoms with Gasteiger partial charge in [-0.25, -0.2) is 0 Å². The summed E-state index contributed by atoms with van der Waals surface area (Å²) in [6, 6.07) is 10.4. The third-order valence-electron chi connectivity index (χ3n) is 3.64. The number of benzene rings is 1. The molecule has 1 aliphatic heterocycles. The number of piperidine rings is 1. The summed E-state index contributed by atoms with van der Waals surface area (Å²) < 4.78 is 2.10. The molecular weight excluding hydrogens is 222 g/mol. The first-order valence-electron chi connectivity index (χ1n) is 6.70. The summed E-state index contributed by atoms with van der Waals surface area (Å²) in [4.78, 5) is 0. The molecule has 0 amide bonds. The minimum Gasteiger partial charge on any atom is -0.317 e. The van der Waals surface area contributed by atoms with Gasteiger partial charge in [0.15, 0.2) is 0 Å². The van der Waals surface area contributed by atoms with E-state index in [0.29, 0.717) is 0 Å². The Morgan fingerprint density at radius 1 is 1.11 bits per heavy atom. The van der Waals surface area contributed by atoms with E-state index in [9.17, 15) is 0 Å². The Hall–Kier alpha value is -1.61. The molecule has 1 fully saturated rings. The smallest absolute Gasteiger partial charge is 0.0568 e. The van der Waals surface area contributed by atoms with Gasteiger partial charge < -0.3 is 5.32 Å². The SMILES string of the molecule is c1ccc(-c2cnn(CC3CCNCC3)c2)cc1. The van der Waals surface area contributed by atoms with Crippen molar-refractivity contribution in [3.63, 3.8) is 0 Å². The molecule has 0 atom stereocenters. The van der Waals surface area contributed by atoms with Crippen molar-refractivity contribution in [2.45, 2.75) is 19.4 Å². The van der Waals surface area contributed by atoms with Gasteiger partial charge in [-0.3, -0.25) is 4.68 Å². The molecule has 3 nitrogen and oxygen atoms in total. The lowest BCUT2D eigenvalue weighted by atomic mass is 9.98. The van der Waals surface area contributed by atoms with Gasteiger partial charge in [0, 0.05) is 18.3 Å². The fourth-order valence-corrected chi connectivity index (χ4v) is 2.57. The molecule has 94 valence electrons. The zero-order chi connectivity index (χ0) is 12.2. The van der Waals surface area contributed by atoms with Crippen molar-refractivity contribution in [1.82, 2.24) is 15.1 Å². The van der Waals surface area contributed by atoms with Crippen LogP contribution in [0.5, 0.6) is 0 Å². The standard InChI is InChI=1S/C15H19N3/c1-2-4-14(5-3-1)15-10-17-18(12-15)11-13-6-8-16-9-7-13/h1-5,10,12-13,16H,6-9,11H2. The van der Waals surface area contributed by atoms with Gasteiger partial charge in [-0.05, 0) is 37.4 Å². The number of hydrogen-bond acceptors (Lipinski definition) is 2. The lowest BCUT2D eigenvalue weighted by Crippen LogP contribution is -2.29. The quantitative estimate of drug-likeness (QED) is 0.895. The molecule has 0 radical (unpaired) electrons. The van der Waals surface area contributed by atoms with E-state index in [0.717, 1.165) is 25.6 Å². The van der Waals surface area contributed by atoms with Crippen molar-refractivity contribution in [1.29, 1.82) is 0 Å². The van der Waals surface area contributed by atoms with E-state index in [1.807, 2.05) is 12.3 Å². The van der Waals surface area contributed by atoms with Crippen LogP contribution in [0.3, 0.4) is 0 Å². The summed E-state index contributed by atoms with van der Waals surface area (Å²) in [5.41, 5.74) is 2.46. The zero-order valence-electron chi connectivity index (χ0n) is 10.5. The number of nitrogens with zero attached hydrogens (tertiary/aromatic N) is 2. The number of hydrogen-bond donors (Lipinski definition) is 1. The Morgan fingerprint density at radius 2 is 1.89 bits per heavy atom. The summed E-state index contributed by atoms with van der Waals surface area (Å²) in [5, 5.41) is 7.88. The first kappa shape index (κ1) is 11.5. The molecule has 1 aliphatic rings. The topological polar surface area (TPSA) is 29.9 Å². The number of rotatable bonds is 3. The normalized spacial score (nSPS) is 16.9. The molecule has 0 bridgehead atoms. The maximum absolute atomic E-state index is 4.48. The molecule has 1 N–H and O–H groups in total. The summed E-state index contributed by atoms with van der Waals surface area (Å²) in [5.74, 6) is 0.773. The lowest BCUT2D eigenvalue weighted by molar-refractivity contribution is 0.321. The van der Waals surface area contributed by atoms with E-state index in [1.54, 1.807) is 0 Å². The molecule has 3 rings (SSSR count). The Kier molecular flexibility index (Phi) is 3.42. The van der Waals surface area contributed by atoms with Crippen LogP contribution in [0.1, 0.15) is 12.8 Å². The highest BCUT2D eigenvalue weighted by molar-refractivity contribution is 5.61. The van der Waals surface area contributed by atoms with Crippen molar-refractivity contribution in [2.24, 2.45) is 5.92 Å². The van der Waals surface area contributed by atoms with E-state index < -0.39 is 0 Å². The largest absolute Gasteiger partial charge is 0.317 e. The Labute approximate surface area is 108 Å². The minimum absolute atomic E-state index is 0.773. The summed E-state index contributed by atoms with van der Waals surface area (Å²) >= 11 is 0. The summed E-state index contributed by atoms with van der Waals surface area (Å²) in [6.07, 6.45) is 6.66. The molecule has 0 aliphatic carbocycles. The van der Waals surface area contributed by atoms with E-state index in [-0.39, 0.29) is 0 Å². The minimum atomic E-state index is 0.773. The average Bonchev–Trinajstić information content (AvgIpc) is 2.89. The fraction of sp³-hybridized carbons (Fsp3) is 0.400. The molecule has 0 saturated carbocycles. The first-order chi connectivity index (χ1) is 8.92. The van der Waals surface area contributed by atoms with Gasteiger partial charge in [-0.1, -0.05) is 30.3 Å². The molecule has 2 heterocycles. The predicted molar refractivity (Wildman–Crippen MR) is 73.3 cm³/mol. The fourth-order valence-electron chi connectivity index (χ4n) is 2.57. The van der Waals surface area contributed by atoms with E-state index in [1.165, 1.54) is 24.0 Å². The van der Waals surface area contributed by atoms with Crippen LogP contribution in [0.4, 0.5) is 0 Å². The van der Waals surface area contributed by atoms with Crippen LogP contribution in [0.25, 0.3) is 11.1 Å². The third-order valence-corrected chi connectivity index (χ3v) is 3.64. The number of nitrogens with one attached hydrogen (secondary N) is 1. The second-order valence-electron chi connectivity index (χ2n) is 5.01. The van der Waals surface area contributed by atoms with Gasteiger partial charge in [-0.15, -0.1) is 0 Å². The summed E-state index contributed by atoms with van der Waals surface area (Å²) in [7, 11) is 0. The van der Waals surface area contributed by atoms with Crippen LogP contribution in [0.2, 0.25) is 0 Å². The lowest BCUT2D eigenvalue weighted by Gasteiger charge is -2.22. The Bertz CT molecular complexity index is 483. The van der Waals surface area contributed by atoms with Gasteiger partial charge in [0.1, 0.15) is 0 Å². The van der Waals surface area contributed by atoms with Crippen molar-refractivity contribution in [2.75, 3.05) is 13.1 Å². The molecular formula is C15H19N3. The average molecular weight is 241 g/mol. The summed E-state index contributed by atoms with van der Waals surface area (Å²) in [6.45, 7) is 3.35. The molecule has 3 heteroatoms. The molecule has 1 aromatic carbocycles. The molecule has 0 spiro atoms. The second-order valence-corrected chi connectivity index (χ2v) is 5.01. The van der Waals surface area contributed by atoms with Gasteiger partial charge in [-0.2, -0.15) is 5.10 Å². The first-order valence-corrected chi connectivity index (χ1v) is 6.70. The predicted octanol–water partition coefficient (Wildman–Crippen LogP) is 2.55. The van der Waals surface area contributed by atoms with Gasteiger partial charge in [0.25, 0.3) is 0 Å². The Morgan fingerprint density at radius 3 is 2.67 bits per heavy atom. The van der Waals surface area contributed by atoms with E-state index in [4.69, 9.17) is 0 Å². The van der Waals surface area contributed by atoms with Crippen LogP contribution in [0.15, 0.2) is 42.7 Å². The highest BCUT2D eigenvalue weighted by Gasteiger charge is 2.14. The molecule has 2 aromatic rings. The van der Waals surface area contributed by atoms with Gasteiger partial charge >= 0.3 is 0 Å².